The van der Waals surface area contributed by atoms with Gasteiger partial charge in [0.15, 0.2) is 0 Å². The van der Waals surface area contributed by atoms with Crippen LogP contribution in [0.25, 0.3) is 5.00 Å². The number of thiophene rings is 1. The molecule has 0 saturated carbocycles. The van der Waals surface area contributed by atoms with Crippen molar-refractivity contribution < 1.29 is 9.53 Å². The SMILES string of the molecule is COc1cccc([C@H]2c3cccn3-c3sc4c(c3CN2C(=O)Nc2cccc(Cl)c2C)CCN(C)C4)c1. The summed E-state index contributed by atoms with van der Waals surface area (Å²) in [5.41, 5.74) is 6.26. The number of halogens is 1. The molecule has 6 nitrogen and oxygen atoms in total. The average molecular weight is 533 g/mol. The summed E-state index contributed by atoms with van der Waals surface area (Å²) < 4.78 is 7.83. The second-order valence-electron chi connectivity index (χ2n) is 9.73. The number of hydrogen-bond donors (Lipinski definition) is 1. The number of benzene rings is 2. The first-order chi connectivity index (χ1) is 17.9. The van der Waals surface area contributed by atoms with Crippen LogP contribution in [-0.4, -0.2) is 41.1 Å². The highest BCUT2D eigenvalue weighted by atomic mass is 35.5. The summed E-state index contributed by atoms with van der Waals surface area (Å²) in [7, 11) is 3.84. The van der Waals surface area contributed by atoms with E-state index in [4.69, 9.17) is 16.3 Å². The minimum atomic E-state index is -0.300. The van der Waals surface area contributed by atoms with Crippen molar-refractivity contribution in [3.8, 4) is 10.8 Å². The first-order valence-electron chi connectivity index (χ1n) is 12.4. The predicted octanol–water partition coefficient (Wildman–Crippen LogP) is 6.63. The Hall–Kier alpha value is -3.26. The van der Waals surface area contributed by atoms with Crippen LogP contribution in [0.2, 0.25) is 5.02 Å². The molecule has 4 aromatic rings. The van der Waals surface area contributed by atoms with Gasteiger partial charge in [0.05, 0.1) is 25.4 Å². The van der Waals surface area contributed by atoms with Crippen LogP contribution < -0.4 is 10.1 Å². The van der Waals surface area contributed by atoms with Gasteiger partial charge in [-0.3, -0.25) is 0 Å². The Morgan fingerprint density at radius 2 is 1.95 bits per heavy atom. The smallest absolute Gasteiger partial charge is 0.322 e. The summed E-state index contributed by atoms with van der Waals surface area (Å²) in [6, 6.07) is 17.3. The standard InChI is InChI=1S/C29H29ClN4O2S/c1-18-23(30)9-5-10-24(18)31-29(35)34-16-22-21-12-14-32(2)17-26(21)37-28(22)33-13-6-11-25(33)27(34)19-7-4-8-20(15-19)36-3/h4-11,13,15,27H,12,14,16-17H2,1-3H3,(H,31,35)/t27-/m0/s1. The molecule has 0 aliphatic carbocycles. The van der Waals surface area contributed by atoms with E-state index in [0.717, 1.165) is 47.8 Å². The fraction of sp³-hybridized carbons (Fsp3) is 0.276. The number of nitrogens with one attached hydrogen (secondary N) is 1. The number of anilines is 1. The van der Waals surface area contributed by atoms with Gasteiger partial charge in [-0.2, -0.15) is 0 Å². The molecule has 37 heavy (non-hydrogen) atoms. The number of amides is 2. The molecule has 2 aromatic heterocycles. The molecule has 2 aliphatic rings. The summed E-state index contributed by atoms with van der Waals surface area (Å²) in [4.78, 5) is 19.8. The highest BCUT2D eigenvalue weighted by molar-refractivity contribution is 7.15. The van der Waals surface area contributed by atoms with E-state index in [1.807, 2.05) is 59.6 Å². The number of likely N-dealkylation sites (N-methyl/N-ethyl adjacent to an activating group) is 1. The Labute approximate surface area is 226 Å². The number of carbonyl (C=O) groups is 1. The molecule has 0 saturated heterocycles. The van der Waals surface area contributed by atoms with Crippen LogP contribution in [0.15, 0.2) is 60.8 Å². The van der Waals surface area contributed by atoms with Crippen molar-refractivity contribution in [3.05, 3.63) is 98.6 Å². The van der Waals surface area contributed by atoms with E-state index in [0.29, 0.717) is 11.6 Å². The molecule has 0 radical (unpaired) electrons. The van der Waals surface area contributed by atoms with Crippen molar-refractivity contribution in [2.75, 3.05) is 26.0 Å². The minimum Gasteiger partial charge on any atom is -0.497 e. The van der Waals surface area contributed by atoms with Gasteiger partial charge in [0, 0.05) is 40.4 Å². The number of hydrogen-bond acceptors (Lipinski definition) is 4. The Morgan fingerprint density at radius 3 is 2.78 bits per heavy atom. The molecular formula is C29H29ClN4O2S. The van der Waals surface area contributed by atoms with Gasteiger partial charge < -0.3 is 24.4 Å². The third-order valence-electron chi connectivity index (χ3n) is 7.44. The second kappa shape index (κ2) is 9.56. The molecule has 0 unspecified atom stereocenters. The van der Waals surface area contributed by atoms with E-state index in [9.17, 15) is 4.79 Å². The fourth-order valence-electron chi connectivity index (χ4n) is 5.44. The monoisotopic (exact) mass is 532 g/mol. The van der Waals surface area contributed by atoms with Gasteiger partial charge >= 0.3 is 6.03 Å². The van der Waals surface area contributed by atoms with Crippen molar-refractivity contribution >= 4 is 34.7 Å². The Balaban J connectivity index is 1.51. The molecule has 6 rings (SSSR count). The maximum absolute atomic E-state index is 14.1. The van der Waals surface area contributed by atoms with Gasteiger partial charge in [0.1, 0.15) is 10.8 Å². The Morgan fingerprint density at radius 1 is 1.11 bits per heavy atom. The van der Waals surface area contributed by atoms with Gasteiger partial charge in [0.25, 0.3) is 0 Å². The van der Waals surface area contributed by atoms with Crippen molar-refractivity contribution in [3.63, 3.8) is 0 Å². The van der Waals surface area contributed by atoms with Crippen LogP contribution in [0, 0.1) is 6.92 Å². The highest BCUT2D eigenvalue weighted by Gasteiger charge is 2.36. The molecule has 8 heteroatoms. The largest absolute Gasteiger partial charge is 0.497 e. The van der Waals surface area contributed by atoms with Crippen LogP contribution in [0.4, 0.5) is 10.5 Å². The number of ether oxygens (including phenoxy) is 1. The number of fused-ring (bicyclic) bond motifs is 5. The first kappa shape index (κ1) is 24.1. The summed E-state index contributed by atoms with van der Waals surface area (Å²) in [6.45, 7) is 4.40. The van der Waals surface area contributed by atoms with Gasteiger partial charge in [-0.15, -0.1) is 11.3 Å². The molecule has 4 heterocycles. The molecular weight excluding hydrogens is 504 g/mol. The lowest BCUT2D eigenvalue weighted by molar-refractivity contribution is 0.194. The number of methoxy groups -OCH3 is 1. The molecule has 0 spiro atoms. The van der Waals surface area contributed by atoms with E-state index in [-0.39, 0.29) is 12.1 Å². The summed E-state index contributed by atoms with van der Waals surface area (Å²) in [5.74, 6) is 0.765. The van der Waals surface area contributed by atoms with E-state index >= 15 is 0 Å². The van der Waals surface area contributed by atoms with Crippen molar-refractivity contribution in [1.29, 1.82) is 0 Å². The number of carbonyl (C=O) groups excluding carboxylic acids is 1. The van der Waals surface area contributed by atoms with Gasteiger partial charge in [0.2, 0.25) is 0 Å². The van der Waals surface area contributed by atoms with Crippen LogP contribution in [-0.2, 0) is 19.5 Å². The quantitative estimate of drug-likeness (QED) is 0.322. The molecule has 190 valence electrons. The summed E-state index contributed by atoms with van der Waals surface area (Å²) in [6.07, 6.45) is 3.11. The van der Waals surface area contributed by atoms with Crippen LogP contribution in [0.1, 0.15) is 38.9 Å². The molecule has 0 fully saturated rings. The Bertz CT molecular complexity index is 1490. The fourth-order valence-corrected chi connectivity index (χ4v) is 7.06. The lowest BCUT2D eigenvalue weighted by atomic mass is 10.00. The summed E-state index contributed by atoms with van der Waals surface area (Å²) in [5, 5.41) is 5.01. The second-order valence-corrected chi connectivity index (χ2v) is 11.2. The van der Waals surface area contributed by atoms with E-state index < -0.39 is 0 Å². The lowest BCUT2D eigenvalue weighted by Gasteiger charge is -2.32. The van der Waals surface area contributed by atoms with Crippen molar-refractivity contribution in [2.24, 2.45) is 0 Å². The number of urea groups is 1. The topological polar surface area (TPSA) is 49.7 Å². The molecule has 1 N–H and O–H groups in total. The van der Waals surface area contributed by atoms with Gasteiger partial charge in [-0.1, -0.05) is 29.8 Å². The van der Waals surface area contributed by atoms with Crippen molar-refractivity contribution in [2.45, 2.75) is 32.5 Å². The molecule has 2 aromatic carbocycles. The van der Waals surface area contributed by atoms with Gasteiger partial charge in [-0.05, 0) is 73.5 Å². The maximum Gasteiger partial charge on any atom is 0.322 e. The zero-order valence-corrected chi connectivity index (χ0v) is 22.7. The maximum atomic E-state index is 14.1. The van der Waals surface area contributed by atoms with Crippen LogP contribution >= 0.6 is 22.9 Å². The third kappa shape index (κ3) is 4.21. The van der Waals surface area contributed by atoms with E-state index in [1.165, 1.54) is 21.0 Å². The van der Waals surface area contributed by atoms with Gasteiger partial charge in [-0.25, -0.2) is 4.79 Å². The zero-order valence-electron chi connectivity index (χ0n) is 21.1. The highest BCUT2D eigenvalue weighted by Crippen LogP contribution is 2.44. The molecule has 1 atom stereocenters. The number of rotatable bonds is 3. The number of aromatic nitrogens is 1. The summed E-state index contributed by atoms with van der Waals surface area (Å²) >= 11 is 8.23. The molecule has 2 aliphatic heterocycles. The van der Waals surface area contributed by atoms with Crippen LogP contribution in [0.3, 0.4) is 0 Å². The zero-order chi connectivity index (χ0) is 25.7. The number of nitrogens with zero attached hydrogens (tertiary/aromatic N) is 3. The Kier molecular flexibility index (Phi) is 6.23. The molecule has 2 amide bonds. The van der Waals surface area contributed by atoms with E-state index in [1.54, 1.807) is 7.11 Å². The predicted molar refractivity (Wildman–Crippen MR) is 149 cm³/mol. The van der Waals surface area contributed by atoms with E-state index in [2.05, 4.69) is 46.2 Å². The molecule has 0 bridgehead atoms. The third-order valence-corrected chi connectivity index (χ3v) is 9.10. The van der Waals surface area contributed by atoms with Crippen molar-refractivity contribution in [1.82, 2.24) is 14.4 Å². The first-order valence-corrected chi connectivity index (χ1v) is 13.6. The minimum absolute atomic E-state index is 0.160. The van der Waals surface area contributed by atoms with Crippen LogP contribution in [0.5, 0.6) is 5.75 Å². The lowest BCUT2D eigenvalue weighted by Crippen LogP contribution is -2.38. The average Bonchev–Trinajstić information content (AvgIpc) is 3.48. The normalized spacial score (nSPS) is 17.0.